The van der Waals surface area contributed by atoms with Crippen LogP contribution in [0.4, 0.5) is 0 Å². The highest BCUT2D eigenvalue weighted by molar-refractivity contribution is 7.08. The van der Waals surface area contributed by atoms with E-state index < -0.39 is 6.04 Å². The zero-order valence-corrected chi connectivity index (χ0v) is 19.2. The summed E-state index contributed by atoms with van der Waals surface area (Å²) in [6.07, 6.45) is 6.42. The molecule has 1 aromatic carbocycles. The van der Waals surface area contributed by atoms with Crippen LogP contribution in [0.25, 0.3) is 11.3 Å². The van der Waals surface area contributed by atoms with Crippen molar-refractivity contribution in [1.82, 2.24) is 25.2 Å². The number of hydrogen-bond donors (Lipinski definition) is 1. The van der Waals surface area contributed by atoms with Gasteiger partial charge in [0, 0.05) is 23.7 Å². The molecule has 2 amide bonds. The monoisotopic (exact) mass is 465 g/mol. The number of imide groups is 1. The van der Waals surface area contributed by atoms with E-state index in [0.29, 0.717) is 25.1 Å². The molecule has 172 valence electrons. The van der Waals surface area contributed by atoms with Crippen LogP contribution in [0, 0.1) is 0 Å². The molecule has 1 unspecified atom stereocenters. The smallest absolute Gasteiger partial charge is 0.251 e. The Morgan fingerprint density at radius 2 is 1.85 bits per heavy atom. The van der Waals surface area contributed by atoms with Crippen molar-refractivity contribution >= 4 is 23.2 Å². The van der Waals surface area contributed by atoms with Gasteiger partial charge in [-0.25, -0.2) is 4.68 Å². The first-order chi connectivity index (χ1) is 16.2. The van der Waals surface area contributed by atoms with Gasteiger partial charge in [-0.15, -0.1) is 16.4 Å². The highest BCUT2D eigenvalue weighted by Gasteiger charge is 2.29. The number of carbonyl (C=O) groups excluding carboxylic acids is 2. The molecule has 33 heavy (non-hydrogen) atoms. The predicted octanol–water partition coefficient (Wildman–Crippen LogP) is 3.55. The number of likely N-dealkylation sites (tertiary alicyclic amines) is 1. The van der Waals surface area contributed by atoms with Crippen molar-refractivity contribution in [3.05, 3.63) is 52.3 Å². The minimum atomic E-state index is -0.518. The molecule has 4 heterocycles. The number of amides is 2. The lowest BCUT2D eigenvalue weighted by atomic mass is 10.1. The van der Waals surface area contributed by atoms with Gasteiger partial charge in [0.25, 0.3) is 5.91 Å². The topological polar surface area (TPSA) is 89.3 Å². The largest absolute Gasteiger partial charge is 0.487 e. The molecule has 2 aliphatic rings. The number of hydrogen-bond acceptors (Lipinski definition) is 7. The first kappa shape index (κ1) is 21.8. The fourth-order valence-electron chi connectivity index (χ4n) is 4.35. The van der Waals surface area contributed by atoms with Gasteiger partial charge in [-0.05, 0) is 43.5 Å². The van der Waals surface area contributed by atoms with Crippen LogP contribution < -0.4 is 10.1 Å². The number of nitrogens with one attached hydrogen (secondary N) is 1. The molecule has 0 aliphatic carbocycles. The molecule has 0 radical (unpaired) electrons. The van der Waals surface area contributed by atoms with Crippen LogP contribution in [0.1, 0.15) is 49.3 Å². The van der Waals surface area contributed by atoms with E-state index in [0.717, 1.165) is 23.4 Å². The molecule has 5 rings (SSSR count). The Labute approximate surface area is 196 Å². The molecule has 2 fully saturated rings. The summed E-state index contributed by atoms with van der Waals surface area (Å²) >= 11 is 1.53. The SMILES string of the molecule is O=C1CCC(n2cc(-c3cscc3OCc3ccc(CN4CCCCC4)cc3)nn2)C(=O)N1. The number of rotatable bonds is 7. The lowest BCUT2D eigenvalue weighted by Crippen LogP contribution is -2.41. The average Bonchev–Trinajstić information content (AvgIpc) is 3.49. The lowest BCUT2D eigenvalue weighted by molar-refractivity contribution is -0.136. The molecule has 9 heteroatoms. The minimum absolute atomic E-state index is 0.246. The Kier molecular flexibility index (Phi) is 6.50. The quantitative estimate of drug-likeness (QED) is 0.537. The second kappa shape index (κ2) is 9.84. The van der Waals surface area contributed by atoms with E-state index in [4.69, 9.17) is 4.74 Å². The summed E-state index contributed by atoms with van der Waals surface area (Å²) in [4.78, 5) is 26.0. The molecule has 2 aromatic heterocycles. The van der Waals surface area contributed by atoms with Crippen molar-refractivity contribution < 1.29 is 14.3 Å². The van der Waals surface area contributed by atoms with Crippen molar-refractivity contribution in [2.45, 2.75) is 51.3 Å². The van der Waals surface area contributed by atoms with Crippen molar-refractivity contribution in [3.63, 3.8) is 0 Å². The van der Waals surface area contributed by atoms with E-state index >= 15 is 0 Å². The maximum atomic E-state index is 12.1. The normalized spacial score (nSPS) is 19.5. The number of aromatic nitrogens is 3. The van der Waals surface area contributed by atoms with Crippen molar-refractivity contribution in [1.29, 1.82) is 0 Å². The third-order valence-corrected chi connectivity index (χ3v) is 6.94. The third-order valence-electron chi connectivity index (χ3n) is 6.21. The molecule has 0 bridgehead atoms. The molecule has 8 nitrogen and oxygen atoms in total. The summed E-state index contributed by atoms with van der Waals surface area (Å²) in [5, 5.41) is 14.6. The molecule has 0 saturated carbocycles. The van der Waals surface area contributed by atoms with Gasteiger partial charge in [-0.3, -0.25) is 19.8 Å². The van der Waals surface area contributed by atoms with Crippen LogP contribution in [0.5, 0.6) is 5.75 Å². The van der Waals surface area contributed by atoms with Gasteiger partial charge in [0.2, 0.25) is 5.91 Å². The van der Waals surface area contributed by atoms with Crippen LogP contribution >= 0.6 is 11.3 Å². The second-order valence-corrected chi connectivity index (χ2v) is 9.39. The first-order valence-electron chi connectivity index (χ1n) is 11.4. The molecular weight excluding hydrogens is 438 g/mol. The van der Waals surface area contributed by atoms with E-state index in [1.807, 2.05) is 10.8 Å². The Balaban J connectivity index is 1.21. The van der Waals surface area contributed by atoms with Gasteiger partial charge in [0.05, 0.1) is 11.8 Å². The standard InChI is InChI=1S/C24H27N5O3S/c30-23-9-8-21(24(31)25-23)29-13-20(26-27-29)19-15-33-16-22(19)32-14-18-6-4-17(5-7-18)12-28-10-2-1-3-11-28/h4-7,13,15-16,21H,1-3,8-12,14H2,(H,25,30,31). The number of nitrogens with zero attached hydrogens (tertiary/aromatic N) is 4. The van der Waals surface area contributed by atoms with E-state index in [1.165, 1.54) is 53.9 Å². The molecule has 1 N–H and O–H groups in total. The number of benzene rings is 1. The molecule has 2 aliphatic heterocycles. The molecule has 3 aromatic rings. The van der Waals surface area contributed by atoms with Crippen molar-refractivity contribution in [3.8, 4) is 17.0 Å². The number of carbonyl (C=O) groups is 2. The molecule has 2 saturated heterocycles. The predicted molar refractivity (Wildman–Crippen MR) is 125 cm³/mol. The van der Waals surface area contributed by atoms with Crippen molar-refractivity contribution in [2.75, 3.05) is 13.1 Å². The second-order valence-electron chi connectivity index (χ2n) is 8.64. The lowest BCUT2D eigenvalue weighted by Gasteiger charge is -2.26. The van der Waals surface area contributed by atoms with Gasteiger partial charge >= 0.3 is 0 Å². The van der Waals surface area contributed by atoms with E-state index in [-0.39, 0.29) is 11.8 Å². The summed E-state index contributed by atoms with van der Waals surface area (Å²) in [6, 6.07) is 8.12. The minimum Gasteiger partial charge on any atom is -0.487 e. The van der Waals surface area contributed by atoms with Crippen LogP contribution in [0.15, 0.2) is 41.2 Å². The van der Waals surface area contributed by atoms with Gasteiger partial charge in [-0.2, -0.15) is 0 Å². The fourth-order valence-corrected chi connectivity index (χ4v) is 5.11. The van der Waals surface area contributed by atoms with Gasteiger partial charge in [0.1, 0.15) is 24.1 Å². The third kappa shape index (κ3) is 5.15. The van der Waals surface area contributed by atoms with Crippen molar-refractivity contribution in [2.24, 2.45) is 0 Å². The molecule has 0 spiro atoms. The molecular formula is C24H27N5O3S. The van der Waals surface area contributed by atoms with Crippen LogP contribution in [-0.2, 0) is 22.7 Å². The van der Waals surface area contributed by atoms with Crippen LogP contribution in [-0.4, -0.2) is 44.8 Å². The zero-order valence-electron chi connectivity index (χ0n) is 18.4. The van der Waals surface area contributed by atoms with Gasteiger partial charge < -0.3 is 4.74 Å². The van der Waals surface area contributed by atoms with Gasteiger partial charge in [-0.1, -0.05) is 35.9 Å². The summed E-state index contributed by atoms with van der Waals surface area (Å²) < 4.78 is 7.62. The van der Waals surface area contributed by atoms with Crippen LogP contribution in [0.2, 0.25) is 0 Å². The zero-order chi connectivity index (χ0) is 22.6. The Morgan fingerprint density at radius 1 is 1.06 bits per heavy atom. The Hall–Kier alpha value is -3.04. The highest BCUT2D eigenvalue weighted by Crippen LogP contribution is 2.33. The Bertz CT molecular complexity index is 1120. The maximum absolute atomic E-state index is 12.1. The average molecular weight is 466 g/mol. The van der Waals surface area contributed by atoms with Gasteiger partial charge in [0.15, 0.2) is 0 Å². The van der Waals surface area contributed by atoms with E-state index in [2.05, 4.69) is 44.8 Å². The summed E-state index contributed by atoms with van der Waals surface area (Å²) in [5.74, 6) is 0.158. The summed E-state index contributed by atoms with van der Waals surface area (Å²) in [6.45, 7) is 3.87. The van der Waals surface area contributed by atoms with E-state index in [1.54, 1.807) is 6.20 Å². The number of piperidine rings is 2. The fraction of sp³-hybridized carbons (Fsp3) is 0.417. The first-order valence-corrected chi connectivity index (χ1v) is 12.3. The highest BCUT2D eigenvalue weighted by atomic mass is 32.1. The number of thiophene rings is 1. The molecule has 1 atom stereocenters. The summed E-state index contributed by atoms with van der Waals surface area (Å²) in [5.41, 5.74) is 3.94. The van der Waals surface area contributed by atoms with E-state index in [9.17, 15) is 9.59 Å². The Morgan fingerprint density at radius 3 is 2.64 bits per heavy atom. The summed E-state index contributed by atoms with van der Waals surface area (Å²) in [7, 11) is 0. The maximum Gasteiger partial charge on any atom is 0.251 e. The number of ether oxygens (including phenoxy) is 1. The van der Waals surface area contributed by atoms with Crippen LogP contribution in [0.3, 0.4) is 0 Å².